The van der Waals surface area contributed by atoms with Crippen LogP contribution in [0.2, 0.25) is 0 Å². The van der Waals surface area contributed by atoms with Gasteiger partial charge in [-0.1, -0.05) is 72.4 Å². The molecule has 4 aromatic rings. The van der Waals surface area contributed by atoms with E-state index in [2.05, 4.69) is 90.8 Å². The van der Waals surface area contributed by atoms with Crippen molar-refractivity contribution in [1.29, 1.82) is 0 Å². The smallest absolute Gasteiger partial charge is 0.132 e. The third-order valence-corrected chi connectivity index (χ3v) is 6.49. The molecule has 0 saturated heterocycles. The summed E-state index contributed by atoms with van der Waals surface area (Å²) < 4.78 is 1.78. The van der Waals surface area contributed by atoms with Crippen molar-refractivity contribution in [1.82, 2.24) is 8.97 Å². The van der Waals surface area contributed by atoms with Gasteiger partial charge >= 0.3 is 0 Å². The molecule has 6 nitrogen and oxygen atoms in total. The molecule has 0 unspecified atom stereocenters. The minimum atomic E-state index is -1.21. The van der Waals surface area contributed by atoms with Crippen LogP contribution in [0.15, 0.2) is 119 Å². The van der Waals surface area contributed by atoms with Crippen LogP contribution in [0.1, 0.15) is 20.7 Å². The second-order valence-electron chi connectivity index (χ2n) is 10.4. The van der Waals surface area contributed by atoms with E-state index in [9.17, 15) is 19.8 Å². The van der Waals surface area contributed by atoms with Crippen molar-refractivity contribution in [3.8, 4) is 0 Å². The van der Waals surface area contributed by atoms with Gasteiger partial charge in [-0.25, -0.2) is 0 Å². The molecule has 0 aliphatic rings. The first-order valence-electron chi connectivity index (χ1n) is 12.3. The Morgan fingerprint density at radius 3 is 0.974 bits per heavy atom. The number of aromatic carboxylic acids is 2. The van der Waals surface area contributed by atoms with Crippen LogP contribution in [0.25, 0.3) is 0 Å². The van der Waals surface area contributed by atoms with Gasteiger partial charge in [0.1, 0.15) is 11.4 Å². The summed E-state index contributed by atoms with van der Waals surface area (Å²) in [5.74, 6) is -2.43. The molecule has 0 aliphatic heterocycles. The van der Waals surface area contributed by atoms with Gasteiger partial charge in [0.05, 0.1) is 54.2 Å². The Labute approximate surface area is 236 Å². The Hall–Kier alpha value is -3.91. The highest BCUT2D eigenvalue weighted by atomic mass is 32.2. The Kier molecular flexibility index (Phi) is 11.5. The minimum Gasteiger partial charge on any atom is -0.545 e. The van der Waals surface area contributed by atoms with E-state index in [-0.39, 0.29) is 11.1 Å². The highest BCUT2D eigenvalue weighted by Gasteiger charge is 2.09. The molecule has 7 heteroatoms. The van der Waals surface area contributed by atoms with Crippen molar-refractivity contribution in [2.45, 2.75) is 9.79 Å². The number of quaternary nitrogens is 2. The highest BCUT2D eigenvalue weighted by Crippen LogP contribution is 2.27. The van der Waals surface area contributed by atoms with Crippen molar-refractivity contribution in [3.05, 3.63) is 120 Å². The van der Waals surface area contributed by atoms with E-state index >= 15 is 0 Å². The average Bonchev–Trinajstić information content (AvgIpc) is 2.90. The second-order valence-corrected chi connectivity index (χ2v) is 11.6. The Morgan fingerprint density at radius 2 is 0.769 bits per heavy atom. The summed E-state index contributed by atoms with van der Waals surface area (Å²) in [6, 6.07) is 33.4. The molecule has 0 spiro atoms. The van der Waals surface area contributed by atoms with Crippen molar-refractivity contribution in [2.24, 2.45) is 0 Å². The first-order valence-corrected chi connectivity index (χ1v) is 13.1. The molecule has 39 heavy (non-hydrogen) atoms. The molecule has 0 heterocycles. The standard InChI is InChI=1S/C14H10O4S.2C9H14N/c15-13(16)9-1-5-11(6-2-9)19-12-7-3-10(4-8-12)14(17)18;2*1-10(2,3)9-7-5-4-6-8-9/h1-8H,(H,15,16)(H,17,18);2*4-8H,1-3H3/q;2*+1/p-2. The summed E-state index contributed by atoms with van der Waals surface area (Å²) in [4.78, 5) is 22.9. The molecule has 0 aliphatic carbocycles. The molecular weight excluding hydrogens is 508 g/mol. The van der Waals surface area contributed by atoms with Gasteiger partial charge in [0.2, 0.25) is 0 Å². The van der Waals surface area contributed by atoms with Gasteiger partial charge in [-0.05, 0) is 59.7 Å². The maximum Gasteiger partial charge on any atom is 0.132 e. The number of carboxylic acids is 2. The SMILES string of the molecule is C[N+](C)(C)c1ccccc1.C[N+](C)(C)c1ccccc1.O=C([O-])c1ccc(Sc2ccc(C(=O)[O-])cc2)cc1. The van der Waals surface area contributed by atoms with Gasteiger partial charge < -0.3 is 19.8 Å². The summed E-state index contributed by atoms with van der Waals surface area (Å²) in [6.07, 6.45) is 0. The quantitative estimate of drug-likeness (QED) is 0.338. The molecule has 0 fully saturated rings. The zero-order valence-electron chi connectivity index (χ0n) is 23.3. The average molecular weight is 545 g/mol. The fourth-order valence-electron chi connectivity index (χ4n) is 3.20. The highest BCUT2D eigenvalue weighted by molar-refractivity contribution is 7.99. The Morgan fingerprint density at radius 1 is 0.487 bits per heavy atom. The van der Waals surface area contributed by atoms with Crippen molar-refractivity contribution >= 4 is 35.1 Å². The Bertz CT molecular complexity index is 1210. The molecule has 0 bridgehead atoms. The molecule has 0 aromatic heterocycles. The lowest BCUT2D eigenvalue weighted by atomic mass is 10.2. The van der Waals surface area contributed by atoms with Gasteiger partial charge in [-0.3, -0.25) is 8.97 Å². The van der Waals surface area contributed by atoms with E-state index in [0.29, 0.717) is 0 Å². The lowest BCUT2D eigenvalue weighted by molar-refractivity contribution is -0.256. The van der Waals surface area contributed by atoms with Crippen LogP contribution < -0.4 is 19.2 Å². The lowest BCUT2D eigenvalue weighted by Crippen LogP contribution is -2.34. The van der Waals surface area contributed by atoms with Crippen LogP contribution in [0, 0.1) is 0 Å². The summed E-state index contributed by atoms with van der Waals surface area (Å²) in [5, 5.41) is 21.2. The Balaban J connectivity index is 0.000000225. The van der Waals surface area contributed by atoms with Gasteiger partial charge in [-0.15, -0.1) is 0 Å². The van der Waals surface area contributed by atoms with Crippen LogP contribution in [0.4, 0.5) is 11.4 Å². The van der Waals surface area contributed by atoms with E-state index < -0.39 is 11.9 Å². The summed E-state index contributed by atoms with van der Waals surface area (Å²) in [5.41, 5.74) is 2.92. The number of carbonyl (C=O) groups is 2. The maximum atomic E-state index is 10.6. The molecule has 4 rings (SSSR count). The van der Waals surface area contributed by atoms with Crippen molar-refractivity contribution in [2.75, 3.05) is 42.3 Å². The topological polar surface area (TPSA) is 80.3 Å². The van der Waals surface area contributed by atoms with Gasteiger partial charge in [0.15, 0.2) is 0 Å². The number of benzene rings is 4. The van der Waals surface area contributed by atoms with Gasteiger partial charge in [0.25, 0.3) is 0 Å². The summed E-state index contributed by atoms with van der Waals surface area (Å²) in [6.45, 7) is 0. The zero-order chi connectivity index (χ0) is 29.1. The molecule has 204 valence electrons. The van der Waals surface area contributed by atoms with Crippen LogP contribution in [-0.4, -0.2) is 54.2 Å². The van der Waals surface area contributed by atoms with Crippen LogP contribution >= 0.6 is 11.8 Å². The molecule has 4 aromatic carbocycles. The first-order chi connectivity index (χ1) is 18.3. The monoisotopic (exact) mass is 544 g/mol. The zero-order valence-corrected chi connectivity index (χ0v) is 24.1. The number of hydrogen-bond acceptors (Lipinski definition) is 5. The summed E-state index contributed by atoms with van der Waals surface area (Å²) >= 11 is 1.40. The van der Waals surface area contributed by atoms with Crippen molar-refractivity contribution in [3.63, 3.8) is 0 Å². The van der Waals surface area contributed by atoms with E-state index in [0.717, 1.165) is 18.8 Å². The number of nitrogens with zero attached hydrogens (tertiary/aromatic N) is 2. The van der Waals surface area contributed by atoms with E-state index in [1.54, 1.807) is 24.3 Å². The normalized spacial score (nSPS) is 10.8. The number of hydrogen-bond donors (Lipinski definition) is 0. The van der Waals surface area contributed by atoms with Crippen molar-refractivity contribution < 1.29 is 19.8 Å². The third-order valence-electron chi connectivity index (χ3n) is 5.48. The molecular formula is C32H36N2O4S. The van der Waals surface area contributed by atoms with Gasteiger partial charge in [0, 0.05) is 9.79 Å². The van der Waals surface area contributed by atoms with E-state index in [1.807, 2.05) is 12.1 Å². The molecule has 0 saturated carbocycles. The number of carboxylic acid groups (broad SMARTS) is 2. The minimum absolute atomic E-state index is 0.122. The second kappa shape index (κ2) is 14.3. The first kappa shape index (κ1) is 31.3. The number of rotatable bonds is 6. The van der Waals surface area contributed by atoms with Crippen LogP contribution in [-0.2, 0) is 0 Å². The van der Waals surface area contributed by atoms with Crippen LogP contribution in [0.5, 0.6) is 0 Å². The largest absolute Gasteiger partial charge is 0.545 e. The van der Waals surface area contributed by atoms with Gasteiger partial charge in [-0.2, -0.15) is 0 Å². The predicted octanol–water partition coefficient (Wildman–Crippen LogP) is 4.33. The fraction of sp³-hybridized carbons (Fsp3) is 0.188. The lowest BCUT2D eigenvalue weighted by Gasteiger charge is -2.22. The summed E-state index contributed by atoms with van der Waals surface area (Å²) in [7, 11) is 13.0. The molecule has 0 radical (unpaired) electrons. The van der Waals surface area contributed by atoms with Crippen LogP contribution in [0.3, 0.4) is 0 Å². The maximum absolute atomic E-state index is 10.6. The fourth-order valence-corrected chi connectivity index (χ4v) is 4.02. The van der Waals surface area contributed by atoms with E-state index in [1.165, 1.54) is 47.4 Å². The molecule has 0 amide bonds. The van der Waals surface area contributed by atoms with E-state index in [4.69, 9.17) is 0 Å². The number of carbonyl (C=O) groups excluding carboxylic acids is 2. The molecule has 0 N–H and O–H groups in total. The predicted molar refractivity (Wildman–Crippen MR) is 158 cm³/mol. The molecule has 0 atom stereocenters. The third kappa shape index (κ3) is 11.2. The number of para-hydroxylation sites is 2.